The van der Waals surface area contributed by atoms with Crippen molar-refractivity contribution in [1.29, 1.82) is 0 Å². The fourth-order valence-electron chi connectivity index (χ4n) is 4.01. The predicted molar refractivity (Wildman–Crippen MR) is 99.0 cm³/mol. The van der Waals surface area contributed by atoms with Crippen molar-refractivity contribution in [3.63, 3.8) is 0 Å². The Morgan fingerprint density at radius 3 is 2.13 bits per heavy atom. The number of hydrogen-bond acceptors (Lipinski definition) is 0. The second-order valence-electron chi connectivity index (χ2n) is 7.06. The maximum absolute atomic E-state index is 2.64. The largest absolute Gasteiger partial charge is 1.00 e. The minimum Gasteiger partial charge on any atom is -1.00 e. The molecule has 0 aliphatic heterocycles. The van der Waals surface area contributed by atoms with Crippen LogP contribution in [-0.2, 0) is 20.3 Å². The predicted octanol–water partition coefficient (Wildman–Crippen LogP) is -0.933. The van der Waals surface area contributed by atoms with Crippen LogP contribution in [0.5, 0.6) is 0 Å². The second kappa shape index (κ2) is 10.6. The normalized spacial score (nSPS) is 24.6. The number of halogens is 2. The van der Waals surface area contributed by atoms with Crippen LogP contribution >= 0.6 is 0 Å². The minimum atomic E-state index is -2.34. The molecule has 0 radical (unpaired) electrons. The molecule has 0 aromatic carbocycles. The Labute approximate surface area is 165 Å². The summed E-state index contributed by atoms with van der Waals surface area (Å²) >= 11 is -2.34. The van der Waals surface area contributed by atoms with E-state index in [0.717, 1.165) is 0 Å². The van der Waals surface area contributed by atoms with Gasteiger partial charge in [-0.2, -0.15) is 0 Å². The first-order chi connectivity index (χ1) is 9.37. The molecular weight excluding hydrogens is 418 g/mol. The minimum absolute atomic E-state index is 0. The average molecular weight is 453 g/mol. The van der Waals surface area contributed by atoms with Gasteiger partial charge in [-0.3, -0.25) is 0 Å². The van der Waals surface area contributed by atoms with E-state index >= 15 is 0 Å². The van der Waals surface area contributed by atoms with Crippen molar-refractivity contribution < 1.29 is 45.1 Å². The van der Waals surface area contributed by atoms with Crippen LogP contribution in [0.15, 0.2) is 41.5 Å². The standard InChI is InChI=1S/C9H13.C8H11.2CH3.2ClH.H4Si.Zr/c1-6-5-7(2)9(4)8(6)3;1-2-4-6-8-7-5-3-1;;;;;;/h6H,1-4H3;1-3H,4,6-8H2;2*1H3;2*1H;1H4;/q;;;;;;;+2/p-2/b;2-1-,5-3?;;;;;;. The molecule has 4 heteroatoms. The summed E-state index contributed by atoms with van der Waals surface area (Å²) in [7, 11) is 0. The summed E-state index contributed by atoms with van der Waals surface area (Å²) in [6.45, 7) is 9.46. The zero-order chi connectivity index (χ0) is 14.9. The molecule has 132 valence electrons. The molecule has 0 amide bonds. The van der Waals surface area contributed by atoms with E-state index in [-0.39, 0.29) is 35.8 Å². The maximum Gasteiger partial charge on any atom is -0.0149 e. The van der Waals surface area contributed by atoms with Crippen molar-refractivity contribution in [2.45, 2.75) is 62.6 Å². The summed E-state index contributed by atoms with van der Waals surface area (Å²) in [5.41, 5.74) is 4.81. The molecule has 2 rings (SSSR count). The molecule has 0 saturated heterocycles. The van der Waals surface area contributed by atoms with Crippen LogP contribution in [0.1, 0.15) is 53.4 Å². The van der Waals surface area contributed by atoms with E-state index in [0.29, 0.717) is 5.92 Å². The van der Waals surface area contributed by atoms with Crippen molar-refractivity contribution in [2.24, 2.45) is 5.92 Å². The van der Waals surface area contributed by atoms with Gasteiger partial charge in [0.15, 0.2) is 0 Å². The molecule has 0 saturated carbocycles. The molecule has 2 aliphatic carbocycles. The van der Waals surface area contributed by atoms with Crippen molar-refractivity contribution in [1.82, 2.24) is 0 Å². The van der Waals surface area contributed by atoms with E-state index in [2.05, 4.69) is 55.2 Å². The first-order valence-electron chi connectivity index (χ1n) is 8.12. The third-order valence-corrected chi connectivity index (χ3v) is 15.9. The van der Waals surface area contributed by atoms with E-state index in [4.69, 9.17) is 0 Å². The molecule has 0 bridgehead atoms. The molecule has 2 aliphatic rings. The van der Waals surface area contributed by atoms with E-state index in [1.165, 1.54) is 25.7 Å². The Bertz CT molecular complexity index is 527. The van der Waals surface area contributed by atoms with Crippen LogP contribution < -0.4 is 24.8 Å². The fourth-order valence-corrected chi connectivity index (χ4v) is 14.0. The van der Waals surface area contributed by atoms with Crippen molar-refractivity contribution in [3.05, 3.63) is 41.5 Å². The van der Waals surface area contributed by atoms with Gasteiger partial charge in [0.2, 0.25) is 0 Å². The number of allylic oxidation sites excluding steroid dienone is 8. The van der Waals surface area contributed by atoms with Gasteiger partial charge in [0.05, 0.1) is 0 Å². The Morgan fingerprint density at radius 1 is 1.00 bits per heavy atom. The quantitative estimate of drug-likeness (QED) is 0.475. The van der Waals surface area contributed by atoms with Crippen LogP contribution in [-0.4, -0.2) is 11.0 Å². The monoisotopic (exact) mass is 450 g/mol. The van der Waals surface area contributed by atoms with Crippen LogP contribution in [0.3, 0.4) is 0 Å². The van der Waals surface area contributed by atoms with Gasteiger partial charge in [-0.05, 0) is 11.0 Å². The summed E-state index contributed by atoms with van der Waals surface area (Å²) in [4.78, 5) is 0. The second-order valence-corrected chi connectivity index (χ2v) is 18.0. The van der Waals surface area contributed by atoms with Gasteiger partial charge in [0, 0.05) is 0 Å². The van der Waals surface area contributed by atoms with Crippen LogP contribution in [0, 0.1) is 5.92 Å². The van der Waals surface area contributed by atoms with E-state index in [9.17, 15) is 0 Å². The molecule has 0 heterocycles. The first kappa shape index (κ1) is 25.9. The molecule has 0 nitrogen and oxygen atoms in total. The van der Waals surface area contributed by atoms with Crippen LogP contribution in [0.25, 0.3) is 0 Å². The van der Waals surface area contributed by atoms with Crippen molar-refractivity contribution in [2.75, 3.05) is 0 Å². The van der Waals surface area contributed by atoms with Crippen LogP contribution in [0.2, 0.25) is 9.26 Å². The molecule has 0 spiro atoms. The molecule has 0 fully saturated rings. The summed E-state index contributed by atoms with van der Waals surface area (Å²) < 4.78 is 8.95. The summed E-state index contributed by atoms with van der Waals surface area (Å²) in [5, 5.41) is 0. The Balaban J connectivity index is 0. The van der Waals surface area contributed by atoms with Gasteiger partial charge >= 0.3 is 130 Å². The summed E-state index contributed by atoms with van der Waals surface area (Å²) in [6, 6.07) is 0. The van der Waals surface area contributed by atoms with Crippen molar-refractivity contribution >= 4 is 11.0 Å². The molecular formula is C19H34Cl2SiZr. The van der Waals surface area contributed by atoms with Crippen molar-refractivity contribution in [3.8, 4) is 0 Å². The van der Waals surface area contributed by atoms with Gasteiger partial charge in [0.25, 0.3) is 0 Å². The van der Waals surface area contributed by atoms with Gasteiger partial charge in [0.1, 0.15) is 0 Å². The molecule has 0 N–H and O–H groups in total. The van der Waals surface area contributed by atoms with Gasteiger partial charge < -0.3 is 24.8 Å². The van der Waals surface area contributed by atoms with E-state index in [1.54, 1.807) is 16.7 Å². The van der Waals surface area contributed by atoms with Gasteiger partial charge in [-0.15, -0.1) is 0 Å². The summed E-state index contributed by atoms with van der Waals surface area (Å²) in [6.07, 6.45) is 12.5. The van der Waals surface area contributed by atoms with Crippen LogP contribution in [0.4, 0.5) is 0 Å². The van der Waals surface area contributed by atoms with Gasteiger partial charge in [-0.25, -0.2) is 0 Å². The first-order valence-corrected chi connectivity index (χ1v) is 15.5. The van der Waals surface area contributed by atoms with E-state index in [1.807, 2.05) is 6.56 Å². The Morgan fingerprint density at radius 2 is 1.61 bits per heavy atom. The molecule has 1 atom stereocenters. The smallest absolute Gasteiger partial charge is 0.0149 e. The Kier molecular flexibility index (Phi) is 11.9. The average Bonchev–Trinajstić information content (AvgIpc) is 2.53. The summed E-state index contributed by atoms with van der Waals surface area (Å²) in [5.74, 6) is 0.691. The molecule has 23 heavy (non-hydrogen) atoms. The zero-order valence-electron chi connectivity index (χ0n) is 14.9. The van der Waals surface area contributed by atoms with E-state index < -0.39 is 20.3 Å². The third kappa shape index (κ3) is 5.30. The zero-order valence-corrected chi connectivity index (χ0v) is 18.9. The molecule has 0 aromatic heterocycles. The van der Waals surface area contributed by atoms with Gasteiger partial charge in [-0.1, -0.05) is 0 Å². The number of hydrogen-bond donors (Lipinski definition) is 0. The number of rotatable bonds is 2. The molecule has 1 unspecified atom stereocenters. The Hall–Kier alpha value is 0.640. The molecule has 0 aromatic rings. The topological polar surface area (TPSA) is 0 Å². The maximum atomic E-state index is 2.64. The fraction of sp³-hybridized carbons (Fsp3) is 0.579. The SMILES string of the molecule is CC1=C(C)C(C)[C]([Zr+2]([CH3])([CH3])/[C]2=C/C=C\CCCC2)=C1C.[Cl-].[Cl-].[SiH4]. The third-order valence-electron chi connectivity index (χ3n) is 5.62.